The molecule has 0 aliphatic carbocycles. The molecule has 0 heterocycles. The van der Waals surface area contributed by atoms with E-state index < -0.39 is 0 Å². The molecule has 0 radical (unpaired) electrons. The average molecular weight is 364 g/mol. The molecule has 0 aromatic rings. The highest BCUT2D eigenvalue weighted by Gasteiger charge is 1.97. The van der Waals surface area contributed by atoms with Crippen LogP contribution in [0.15, 0.2) is 60.8 Å². The first-order valence-electron chi connectivity index (χ1n) is 8.95. The molecule has 0 N–H and O–H groups in total. The zero-order valence-electron chi connectivity index (χ0n) is 15.6. The maximum absolute atomic E-state index is 10.9. The van der Waals surface area contributed by atoms with E-state index in [4.69, 9.17) is 4.52 Å². The lowest BCUT2D eigenvalue weighted by Gasteiger charge is -2.06. The van der Waals surface area contributed by atoms with Gasteiger partial charge in [0.25, 0.3) is 0 Å². The molecule has 0 bridgehead atoms. The van der Waals surface area contributed by atoms with Crippen LogP contribution >= 0.6 is 9.47 Å². The third-order valence-electron chi connectivity index (χ3n) is 3.38. The van der Waals surface area contributed by atoms with Crippen LogP contribution in [0.5, 0.6) is 0 Å². The normalized spacial score (nSPS) is 13.9. The van der Waals surface area contributed by atoms with Gasteiger partial charge < -0.3 is 9.26 Å². The van der Waals surface area contributed by atoms with Crippen LogP contribution in [-0.2, 0) is 14.1 Å². The third kappa shape index (κ3) is 17.2. The number of hydrogen-bond donors (Lipinski definition) is 0. The van der Waals surface area contributed by atoms with Crippen molar-refractivity contribution in [3.63, 3.8) is 0 Å². The summed E-state index contributed by atoms with van der Waals surface area (Å²) in [6.45, 7) is 2.13. The number of rotatable bonds is 14. The van der Waals surface area contributed by atoms with Crippen LogP contribution in [0.4, 0.5) is 0 Å². The molecule has 0 rings (SSSR count). The average Bonchev–Trinajstić information content (AvgIpc) is 2.63. The molecule has 0 saturated carbocycles. The van der Waals surface area contributed by atoms with Gasteiger partial charge in [-0.2, -0.15) is 0 Å². The summed E-state index contributed by atoms with van der Waals surface area (Å²) in [5.41, 5.74) is 0. The SMILES string of the molecule is CC/C=C/CC(/C=C/C=C/C/C=C/C/C=C/CCCC(=O)OC)OP. The third-order valence-corrected chi connectivity index (χ3v) is 3.73. The van der Waals surface area contributed by atoms with E-state index >= 15 is 0 Å². The molecule has 0 saturated heterocycles. The maximum atomic E-state index is 10.9. The predicted octanol–water partition coefficient (Wildman–Crippen LogP) is 5.87. The van der Waals surface area contributed by atoms with Gasteiger partial charge in [-0.25, -0.2) is 0 Å². The summed E-state index contributed by atoms with van der Waals surface area (Å²) < 4.78 is 9.91. The molecule has 2 unspecified atom stereocenters. The highest BCUT2D eigenvalue weighted by molar-refractivity contribution is 7.09. The second kappa shape index (κ2) is 18.9. The summed E-state index contributed by atoms with van der Waals surface area (Å²) in [5, 5.41) is 0. The van der Waals surface area contributed by atoms with Crippen molar-refractivity contribution in [1.29, 1.82) is 0 Å². The highest BCUT2D eigenvalue weighted by atomic mass is 31.0. The van der Waals surface area contributed by atoms with E-state index in [2.05, 4.69) is 69.7 Å². The highest BCUT2D eigenvalue weighted by Crippen LogP contribution is 2.07. The number of esters is 1. The fourth-order valence-corrected chi connectivity index (χ4v) is 2.15. The minimum Gasteiger partial charge on any atom is -0.469 e. The van der Waals surface area contributed by atoms with E-state index in [1.807, 2.05) is 12.2 Å². The molecule has 0 amide bonds. The molecule has 0 aliphatic heterocycles. The molecular weight excluding hydrogens is 331 g/mol. The summed E-state index contributed by atoms with van der Waals surface area (Å²) in [6, 6.07) is 0. The molecule has 2 atom stereocenters. The van der Waals surface area contributed by atoms with Crippen LogP contribution in [0, 0.1) is 0 Å². The Bertz CT molecular complexity index is 462. The minimum atomic E-state index is -0.137. The van der Waals surface area contributed by atoms with Gasteiger partial charge >= 0.3 is 5.97 Å². The van der Waals surface area contributed by atoms with Crippen LogP contribution < -0.4 is 0 Å². The van der Waals surface area contributed by atoms with Crippen molar-refractivity contribution in [3.05, 3.63) is 60.8 Å². The second-order valence-corrected chi connectivity index (χ2v) is 5.76. The Morgan fingerprint density at radius 1 is 1.00 bits per heavy atom. The summed E-state index contributed by atoms with van der Waals surface area (Å²) in [5.74, 6) is -0.137. The van der Waals surface area contributed by atoms with Crippen LogP contribution in [0.2, 0.25) is 0 Å². The van der Waals surface area contributed by atoms with Crippen molar-refractivity contribution in [2.24, 2.45) is 0 Å². The van der Waals surface area contributed by atoms with Crippen LogP contribution in [0.3, 0.4) is 0 Å². The summed E-state index contributed by atoms with van der Waals surface area (Å²) >= 11 is 0. The minimum absolute atomic E-state index is 0.109. The molecule has 25 heavy (non-hydrogen) atoms. The number of hydrogen-bond acceptors (Lipinski definition) is 3. The van der Waals surface area contributed by atoms with E-state index in [1.165, 1.54) is 7.11 Å². The molecule has 4 heteroatoms. The molecule has 140 valence electrons. The zero-order valence-corrected chi connectivity index (χ0v) is 16.8. The first-order chi connectivity index (χ1) is 12.2. The van der Waals surface area contributed by atoms with Gasteiger partial charge in [0.1, 0.15) is 0 Å². The summed E-state index contributed by atoms with van der Waals surface area (Å²) in [6.07, 6.45) is 27.3. The van der Waals surface area contributed by atoms with E-state index in [0.717, 1.165) is 38.5 Å². The van der Waals surface area contributed by atoms with Gasteiger partial charge in [0.05, 0.1) is 13.2 Å². The van der Waals surface area contributed by atoms with Gasteiger partial charge in [-0.3, -0.25) is 4.79 Å². The molecular formula is C21H33O3P. The van der Waals surface area contributed by atoms with Crippen molar-refractivity contribution in [2.75, 3.05) is 7.11 Å². The lowest BCUT2D eigenvalue weighted by Crippen LogP contribution is -2.00. The number of allylic oxidation sites excluding steroid dienone is 8. The number of methoxy groups -OCH3 is 1. The first kappa shape index (κ1) is 23.6. The van der Waals surface area contributed by atoms with Gasteiger partial charge in [0, 0.05) is 15.9 Å². The molecule has 3 nitrogen and oxygen atoms in total. The Morgan fingerprint density at radius 3 is 2.40 bits per heavy atom. The van der Waals surface area contributed by atoms with Crippen molar-refractivity contribution < 1.29 is 14.1 Å². The van der Waals surface area contributed by atoms with Gasteiger partial charge in [-0.05, 0) is 38.5 Å². The van der Waals surface area contributed by atoms with Crippen molar-refractivity contribution in [2.45, 2.75) is 58.0 Å². The van der Waals surface area contributed by atoms with Gasteiger partial charge in [0.2, 0.25) is 0 Å². The van der Waals surface area contributed by atoms with Crippen molar-refractivity contribution in [1.82, 2.24) is 0 Å². The van der Waals surface area contributed by atoms with Gasteiger partial charge in [0.15, 0.2) is 0 Å². The number of carbonyl (C=O) groups excluding carboxylic acids is 1. The Hall–Kier alpha value is -1.44. The van der Waals surface area contributed by atoms with Crippen molar-refractivity contribution in [3.8, 4) is 0 Å². The van der Waals surface area contributed by atoms with Crippen LogP contribution in [0.1, 0.15) is 51.9 Å². The number of ether oxygens (including phenoxy) is 1. The zero-order chi connectivity index (χ0) is 18.6. The number of carbonyl (C=O) groups is 1. The maximum Gasteiger partial charge on any atom is 0.305 e. The van der Waals surface area contributed by atoms with E-state index in [-0.39, 0.29) is 12.1 Å². The van der Waals surface area contributed by atoms with E-state index in [0.29, 0.717) is 6.42 Å². The van der Waals surface area contributed by atoms with Crippen molar-refractivity contribution >= 4 is 15.4 Å². The smallest absolute Gasteiger partial charge is 0.305 e. The van der Waals surface area contributed by atoms with Crippen LogP contribution in [0.25, 0.3) is 0 Å². The fourth-order valence-electron chi connectivity index (χ4n) is 1.95. The fraction of sp³-hybridized carbons (Fsp3) is 0.476. The topological polar surface area (TPSA) is 35.5 Å². The standard InChI is InChI=1S/C21H33O3P/c1-3-4-14-17-20(24-25)18-15-12-10-8-6-5-7-9-11-13-16-19-21(22)23-2/h4-6,9-12,14-15,18,20H,3,7-8,13,16-17,19,25H2,1-2H3/b6-5+,11-9+,12-10+,14-4+,18-15+. The summed E-state index contributed by atoms with van der Waals surface area (Å²) in [7, 11) is 3.75. The Labute approximate surface area is 155 Å². The summed E-state index contributed by atoms with van der Waals surface area (Å²) in [4.78, 5) is 10.9. The van der Waals surface area contributed by atoms with Gasteiger partial charge in [-0.15, -0.1) is 0 Å². The number of unbranched alkanes of at least 4 members (excludes halogenated alkanes) is 1. The molecule has 0 spiro atoms. The molecule has 0 fully saturated rings. The lowest BCUT2D eigenvalue weighted by atomic mass is 10.2. The first-order valence-corrected chi connectivity index (χ1v) is 9.42. The Balaban J connectivity index is 3.75. The van der Waals surface area contributed by atoms with Gasteiger partial charge in [-0.1, -0.05) is 67.7 Å². The Morgan fingerprint density at radius 2 is 1.72 bits per heavy atom. The quantitative estimate of drug-likeness (QED) is 0.127. The second-order valence-electron chi connectivity index (χ2n) is 5.49. The molecule has 0 aromatic heterocycles. The molecule has 0 aromatic carbocycles. The van der Waals surface area contributed by atoms with E-state index in [9.17, 15) is 4.79 Å². The van der Waals surface area contributed by atoms with Crippen LogP contribution in [-0.4, -0.2) is 19.2 Å². The largest absolute Gasteiger partial charge is 0.469 e. The van der Waals surface area contributed by atoms with E-state index in [1.54, 1.807) is 0 Å². The predicted molar refractivity (Wildman–Crippen MR) is 110 cm³/mol. The monoisotopic (exact) mass is 364 g/mol. The lowest BCUT2D eigenvalue weighted by molar-refractivity contribution is -0.140. The molecule has 0 aliphatic rings. The Kier molecular flexibility index (Phi) is 17.8.